The van der Waals surface area contributed by atoms with Gasteiger partial charge in [0.2, 0.25) is 5.91 Å². The molecule has 0 saturated heterocycles. The van der Waals surface area contributed by atoms with Gasteiger partial charge in [0.1, 0.15) is 6.04 Å². The zero-order valence-corrected chi connectivity index (χ0v) is 20.0. The maximum atomic E-state index is 12.8. The number of nitrogens with two attached hydrogens (primary N) is 1. The molecule has 1 rings (SSSR count). The third-order valence-electron chi connectivity index (χ3n) is 5.04. The lowest BCUT2D eigenvalue weighted by atomic mass is 10.1. The third-order valence-corrected chi connectivity index (χ3v) is 5.04. The van der Waals surface area contributed by atoms with Gasteiger partial charge in [0, 0.05) is 37.4 Å². The fourth-order valence-corrected chi connectivity index (χ4v) is 3.15. The average Bonchev–Trinajstić information content (AvgIpc) is 2.76. The number of carbonyl (C=O) groups is 2. The molecule has 0 aliphatic carbocycles. The van der Waals surface area contributed by atoms with Gasteiger partial charge < -0.3 is 21.3 Å². The van der Waals surface area contributed by atoms with Gasteiger partial charge in [-0.3, -0.25) is 9.59 Å². The normalized spacial score (nSPS) is 12.2. The van der Waals surface area contributed by atoms with Crippen molar-refractivity contribution < 1.29 is 14.6 Å². The molecule has 0 bridgehead atoms. The predicted molar refractivity (Wildman–Crippen MR) is 130 cm³/mol. The van der Waals surface area contributed by atoms with E-state index in [0.717, 1.165) is 25.2 Å². The van der Waals surface area contributed by atoms with Crippen LogP contribution in [-0.2, 0) is 4.79 Å². The van der Waals surface area contributed by atoms with Crippen LogP contribution in [0, 0.1) is 16.0 Å². The lowest BCUT2D eigenvalue weighted by Gasteiger charge is -2.21. The first-order chi connectivity index (χ1) is 15.7. The molecule has 1 atom stereocenters. The number of carbonyl (C=O) groups excluding carboxylic acids is 2. The molecule has 0 fully saturated rings. The summed E-state index contributed by atoms with van der Waals surface area (Å²) in [5.74, 6) is -0.489. The van der Waals surface area contributed by atoms with E-state index in [1.165, 1.54) is 0 Å². The number of rotatable bonds is 14. The standard InChI is InChI=1S/C22H37N7O4/c1-5-28(6-2)18-11-9-17(10-12-18)20(30)26-19(21(31)24-15-13-16(3)4)8-7-14-25-22(23)27-29(32)33/h9-12,16,19H,5-8,13-15H2,1-4H3,(H,24,31)(H,26,30)(H3,23,25,27)/t19-/m0/s1. The first-order valence-corrected chi connectivity index (χ1v) is 11.3. The van der Waals surface area contributed by atoms with Gasteiger partial charge in [0.25, 0.3) is 11.9 Å². The van der Waals surface area contributed by atoms with Crippen molar-refractivity contribution >= 4 is 23.5 Å². The largest absolute Gasteiger partial charge is 0.372 e. The summed E-state index contributed by atoms with van der Waals surface area (Å²) in [7, 11) is 0. The highest BCUT2D eigenvalue weighted by Gasteiger charge is 2.21. The van der Waals surface area contributed by atoms with E-state index in [-0.39, 0.29) is 24.3 Å². The summed E-state index contributed by atoms with van der Waals surface area (Å²) in [6.45, 7) is 10.7. The maximum absolute atomic E-state index is 12.8. The first-order valence-electron chi connectivity index (χ1n) is 11.3. The summed E-state index contributed by atoms with van der Waals surface area (Å²) in [4.78, 5) is 41.9. The molecule has 1 aromatic carbocycles. The van der Waals surface area contributed by atoms with Crippen LogP contribution >= 0.6 is 0 Å². The van der Waals surface area contributed by atoms with E-state index in [0.29, 0.717) is 30.9 Å². The minimum absolute atomic E-state index is 0.177. The number of hydrazine groups is 1. The first kappa shape index (κ1) is 27.7. The van der Waals surface area contributed by atoms with Crippen LogP contribution in [0.5, 0.6) is 0 Å². The Morgan fingerprint density at radius 3 is 2.33 bits per heavy atom. The van der Waals surface area contributed by atoms with Crippen molar-refractivity contribution in [3.63, 3.8) is 0 Å². The quantitative estimate of drug-likeness (QED) is 0.107. The number of anilines is 1. The Hall–Kier alpha value is -3.37. The molecule has 11 nitrogen and oxygen atoms in total. The Kier molecular flexibility index (Phi) is 12.3. The predicted octanol–water partition coefficient (Wildman–Crippen LogP) is 1.67. The smallest absolute Gasteiger partial charge is 0.251 e. The van der Waals surface area contributed by atoms with E-state index in [1.807, 2.05) is 12.1 Å². The van der Waals surface area contributed by atoms with Crippen LogP contribution in [0.15, 0.2) is 29.3 Å². The topological polar surface area (TPSA) is 155 Å². The van der Waals surface area contributed by atoms with E-state index in [4.69, 9.17) is 5.73 Å². The molecule has 0 aliphatic heterocycles. The molecule has 1 aromatic rings. The van der Waals surface area contributed by atoms with Crippen molar-refractivity contribution in [2.75, 3.05) is 31.1 Å². The number of amides is 2. The number of nitrogens with zero attached hydrogens (tertiary/aromatic N) is 3. The average molecular weight is 464 g/mol. The Bertz CT molecular complexity index is 792. The molecule has 0 heterocycles. The van der Waals surface area contributed by atoms with Gasteiger partial charge in [0.15, 0.2) is 5.03 Å². The lowest BCUT2D eigenvalue weighted by molar-refractivity contribution is -0.525. The van der Waals surface area contributed by atoms with Gasteiger partial charge in [-0.25, -0.2) is 15.1 Å². The summed E-state index contributed by atoms with van der Waals surface area (Å²) >= 11 is 0. The molecule has 0 spiro atoms. The van der Waals surface area contributed by atoms with Crippen molar-refractivity contribution in [2.45, 2.75) is 53.0 Å². The zero-order valence-electron chi connectivity index (χ0n) is 20.0. The highest BCUT2D eigenvalue weighted by atomic mass is 16.7. The fraction of sp³-hybridized carbons (Fsp3) is 0.591. The van der Waals surface area contributed by atoms with Crippen molar-refractivity contribution in [2.24, 2.45) is 16.6 Å². The number of hydrogen-bond donors (Lipinski definition) is 4. The Balaban J connectivity index is 2.79. The summed E-state index contributed by atoms with van der Waals surface area (Å²) in [5, 5.41) is 15.2. The lowest BCUT2D eigenvalue weighted by Crippen LogP contribution is -2.47. The number of benzene rings is 1. The minimum Gasteiger partial charge on any atom is -0.372 e. The molecule has 2 amide bonds. The van der Waals surface area contributed by atoms with Crippen LogP contribution in [0.4, 0.5) is 5.69 Å². The molecular formula is C22H37N7O4. The van der Waals surface area contributed by atoms with Crippen LogP contribution in [0.3, 0.4) is 0 Å². The van der Waals surface area contributed by atoms with Gasteiger partial charge in [-0.1, -0.05) is 19.3 Å². The number of guanidine groups is 1. The van der Waals surface area contributed by atoms with E-state index < -0.39 is 11.1 Å². The number of nitro groups is 1. The zero-order chi connectivity index (χ0) is 24.8. The maximum Gasteiger partial charge on any atom is 0.251 e. The van der Waals surface area contributed by atoms with Crippen molar-refractivity contribution in [1.82, 2.24) is 16.1 Å². The molecular weight excluding hydrogens is 426 g/mol. The van der Waals surface area contributed by atoms with Gasteiger partial charge in [-0.15, -0.1) is 0 Å². The second-order valence-corrected chi connectivity index (χ2v) is 8.00. The second kappa shape index (κ2) is 14.6. The Labute approximate surface area is 195 Å². The second-order valence-electron chi connectivity index (χ2n) is 8.00. The van der Waals surface area contributed by atoms with Crippen LogP contribution < -0.4 is 26.7 Å². The van der Waals surface area contributed by atoms with Gasteiger partial charge in [0.05, 0.1) is 0 Å². The Morgan fingerprint density at radius 1 is 1.15 bits per heavy atom. The van der Waals surface area contributed by atoms with Crippen LogP contribution in [0.1, 0.15) is 57.3 Å². The third kappa shape index (κ3) is 10.7. The van der Waals surface area contributed by atoms with E-state index >= 15 is 0 Å². The van der Waals surface area contributed by atoms with Crippen LogP contribution in [0.25, 0.3) is 0 Å². The highest BCUT2D eigenvalue weighted by molar-refractivity contribution is 5.97. The SMILES string of the molecule is CCN(CC)c1ccc(C(=O)N[C@@H](CCCN=C(N)N[N+](=O)[O-])C(=O)NCCC(C)C)cc1. The molecule has 184 valence electrons. The molecule has 11 heteroatoms. The Morgan fingerprint density at radius 2 is 1.79 bits per heavy atom. The molecule has 33 heavy (non-hydrogen) atoms. The van der Waals surface area contributed by atoms with E-state index in [9.17, 15) is 19.7 Å². The molecule has 0 saturated carbocycles. The monoisotopic (exact) mass is 463 g/mol. The molecule has 0 aliphatic rings. The minimum atomic E-state index is -0.796. The number of nitrogens with one attached hydrogen (secondary N) is 3. The highest BCUT2D eigenvalue weighted by Crippen LogP contribution is 2.15. The van der Waals surface area contributed by atoms with Crippen molar-refractivity contribution in [1.29, 1.82) is 0 Å². The van der Waals surface area contributed by atoms with Crippen molar-refractivity contribution in [3.8, 4) is 0 Å². The van der Waals surface area contributed by atoms with Crippen molar-refractivity contribution in [3.05, 3.63) is 39.9 Å². The van der Waals surface area contributed by atoms with Crippen LogP contribution in [0.2, 0.25) is 0 Å². The van der Waals surface area contributed by atoms with E-state index in [2.05, 4.69) is 48.2 Å². The fourth-order valence-electron chi connectivity index (χ4n) is 3.15. The number of hydrogen-bond acceptors (Lipinski definition) is 6. The van der Waals surface area contributed by atoms with E-state index in [1.54, 1.807) is 17.6 Å². The summed E-state index contributed by atoms with van der Waals surface area (Å²) in [6, 6.07) is 6.50. The van der Waals surface area contributed by atoms with Gasteiger partial charge >= 0.3 is 0 Å². The summed E-state index contributed by atoms with van der Waals surface area (Å²) < 4.78 is 0. The number of aliphatic imine (C=N–C) groups is 1. The van der Waals surface area contributed by atoms with Crippen LogP contribution in [-0.4, -0.2) is 55.0 Å². The molecule has 0 unspecified atom stereocenters. The summed E-state index contributed by atoms with van der Waals surface area (Å²) in [5.41, 5.74) is 8.65. The molecule has 5 N–H and O–H groups in total. The molecule has 0 radical (unpaired) electrons. The van der Waals surface area contributed by atoms with Gasteiger partial charge in [-0.05, 0) is 63.3 Å². The van der Waals surface area contributed by atoms with Gasteiger partial charge in [-0.2, -0.15) is 0 Å². The molecule has 0 aromatic heterocycles. The summed E-state index contributed by atoms with van der Waals surface area (Å²) in [6.07, 6.45) is 1.54.